The van der Waals surface area contributed by atoms with Gasteiger partial charge in [-0.2, -0.15) is 0 Å². The summed E-state index contributed by atoms with van der Waals surface area (Å²) in [6, 6.07) is 1.98. The Morgan fingerprint density at radius 2 is 2.56 bits per heavy atom. The van der Waals surface area contributed by atoms with E-state index in [1.807, 2.05) is 12.3 Å². The molecule has 2 heterocycles. The van der Waals surface area contributed by atoms with E-state index in [1.54, 1.807) is 0 Å². The summed E-state index contributed by atoms with van der Waals surface area (Å²) in [7, 11) is 0. The number of H-pyrrole nitrogens is 1. The Labute approximate surface area is 53.8 Å². The van der Waals surface area contributed by atoms with Crippen molar-refractivity contribution in [2.75, 3.05) is 6.61 Å². The molecule has 0 unspecified atom stereocenters. The van der Waals surface area contributed by atoms with Crippen molar-refractivity contribution in [1.29, 1.82) is 0 Å². The van der Waals surface area contributed by atoms with Gasteiger partial charge in [0.25, 0.3) is 0 Å². The number of aryl methyl sites for hydroxylation is 1. The predicted octanol–water partition coefficient (Wildman–Crippen LogP) is 1.34. The van der Waals surface area contributed by atoms with Gasteiger partial charge in [0.2, 0.25) is 0 Å². The topological polar surface area (TPSA) is 25.0 Å². The van der Waals surface area contributed by atoms with Crippen molar-refractivity contribution in [3.05, 3.63) is 18.0 Å². The summed E-state index contributed by atoms with van der Waals surface area (Å²) in [5.74, 6) is 1.04. The molecule has 2 nitrogen and oxygen atoms in total. The Hall–Kier alpha value is -0.920. The quantitative estimate of drug-likeness (QED) is 0.553. The molecule has 2 rings (SSSR count). The lowest BCUT2D eigenvalue weighted by Gasteiger charge is -2.11. The summed E-state index contributed by atoms with van der Waals surface area (Å²) in [6.45, 7) is 0.880. The minimum Gasteiger partial charge on any atom is -0.492 e. The number of nitrogens with one attached hydrogen (secondary N) is 1. The normalized spacial score (nSPS) is 16.4. The first-order valence-electron chi connectivity index (χ1n) is 3.26. The fourth-order valence-corrected chi connectivity index (χ4v) is 1.15. The highest BCUT2D eigenvalue weighted by molar-refractivity contribution is 5.29. The van der Waals surface area contributed by atoms with Crippen LogP contribution < -0.4 is 4.74 Å². The van der Waals surface area contributed by atoms with Gasteiger partial charge in [0.15, 0.2) is 0 Å². The lowest BCUT2D eigenvalue weighted by molar-refractivity contribution is 0.288. The summed E-state index contributed by atoms with van der Waals surface area (Å²) in [5, 5.41) is 0. The maximum Gasteiger partial charge on any atom is 0.139 e. The van der Waals surface area contributed by atoms with Crippen LogP contribution in [0.2, 0.25) is 0 Å². The molecule has 0 bridgehead atoms. The largest absolute Gasteiger partial charge is 0.492 e. The van der Waals surface area contributed by atoms with Crippen LogP contribution in [0.25, 0.3) is 0 Å². The molecule has 0 saturated carbocycles. The van der Waals surface area contributed by atoms with Crippen LogP contribution in [-0.4, -0.2) is 11.6 Å². The predicted molar refractivity (Wildman–Crippen MR) is 34.6 cm³/mol. The maximum atomic E-state index is 5.33. The fraction of sp³-hybridized carbons (Fsp3) is 0.429. The fourth-order valence-electron chi connectivity index (χ4n) is 1.15. The smallest absolute Gasteiger partial charge is 0.139 e. The Bertz CT molecular complexity index is 184. The van der Waals surface area contributed by atoms with Crippen LogP contribution in [0.1, 0.15) is 12.1 Å². The van der Waals surface area contributed by atoms with Gasteiger partial charge in [-0.1, -0.05) is 0 Å². The van der Waals surface area contributed by atoms with E-state index in [-0.39, 0.29) is 0 Å². The van der Waals surface area contributed by atoms with E-state index in [0.717, 1.165) is 25.2 Å². The summed E-state index contributed by atoms with van der Waals surface area (Å²) in [6.07, 6.45) is 4.21. The van der Waals surface area contributed by atoms with Crippen LogP contribution in [0.5, 0.6) is 5.75 Å². The van der Waals surface area contributed by atoms with Crippen LogP contribution in [0, 0.1) is 0 Å². The summed E-state index contributed by atoms with van der Waals surface area (Å²) in [5.41, 5.74) is 1.25. The maximum absolute atomic E-state index is 5.33. The average molecular weight is 123 g/mol. The SMILES string of the molecule is c1cc2c([nH]1)CCCO2. The molecule has 1 aliphatic heterocycles. The third-order valence-electron chi connectivity index (χ3n) is 1.62. The Morgan fingerprint density at radius 3 is 3.44 bits per heavy atom. The van der Waals surface area contributed by atoms with E-state index in [9.17, 15) is 0 Å². The van der Waals surface area contributed by atoms with E-state index in [1.165, 1.54) is 5.69 Å². The molecule has 0 radical (unpaired) electrons. The van der Waals surface area contributed by atoms with Crippen molar-refractivity contribution in [3.63, 3.8) is 0 Å². The van der Waals surface area contributed by atoms with E-state index >= 15 is 0 Å². The molecule has 0 aromatic carbocycles. The van der Waals surface area contributed by atoms with Gasteiger partial charge < -0.3 is 9.72 Å². The zero-order valence-corrected chi connectivity index (χ0v) is 5.18. The first-order chi connectivity index (χ1) is 4.47. The number of aromatic nitrogens is 1. The van der Waals surface area contributed by atoms with Gasteiger partial charge >= 0.3 is 0 Å². The first kappa shape index (κ1) is 4.91. The number of hydrogen-bond acceptors (Lipinski definition) is 1. The van der Waals surface area contributed by atoms with Crippen LogP contribution >= 0.6 is 0 Å². The van der Waals surface area contributed by atoms with Gasteiger partial charge in [-0.05, 0) is 18.9 Å². The van der Waals surface area contributed by atoms with Crippen molar-refractivity contribution in [1.82, 2.24) is 4.98 Å². The summed E-state index contributed by atoms with van der Waals surface area (Å²) < 4.78 is 5.33. The molecule has 0 amide bonds. The second-order valence-electron chi connectivity index (χ2n) is 2.27. The Kier molecular flexibility index (Phi) is 0.979. The van der Waals surface area contributed by atoms with Gasteiger partial charge in [0.1, 0.15) is 5.75 Å². The Balaban J connectivity index is 2.39. The van der Waals surface area contributed by atoms with Crippen molar-refractivity contribution < 1.29 is 4.74 Å². The van der Waals surface area contributed by atoms with E-state index in [2.05, 4.69) is 4.98 Å². The van der Waals surface area contributed by atoms with Crippen molar-refractivity contribution >= 4 is 0 Å². The highest BCUT2D eigenvalue weighted by Gasteiger charge is 2.08. The molecule has 0 spiro atoms. The summed E-state index contributed by atoms with van der Waals surface area (Å²) >= 11 is 0. The molecule has 0 saturated heterocycles. The zero-order chi connectivity index (χ0) is 6.10. The lowest BCUT2D eigenvalue weighted by Crippen LogP contribution is -2.06. The van der Waals surface area contributed by atoms with Crippen molar-refractivity contribution in [2.24, 2.45) is 0 Å². The van der Waals surface area contributed by atoms with Crippen LogP contribution in [0.4, 0.5) is 0 Å². The van der Waals surface area contributed by atoms with Gasteiger partial charge in [0, 0.05) is 6.20 Å². The number of aromatic amines is 1. The highest BCUT2D eigenvalue weighted by Crippen LogP contribution is 2.21. The minimum atomic E-state index is 0.880. The van der Waals surface area contributed by atoms with Crippen LogP contribution in [0.3, 0.4) is 0 Å². The molecular weight excluding hydrogens is 114 g/mol. The second kappa shape index (κ2) is 1.79. The first-order valence-corrected chi connectivity index (χ1v) is 3.26. The minimum absolute atomic E-state index is 0.880. The van der Waals surface area contributed by atoms with E-state index in [0.29, 0.717) is 0 Å². The molecule has 1 aromatic heterocycles. The number of ether oxygens (including phenoxy) is 1. The summed E-state index contributed by atoms with van der Waals surface area (Å²) in [4.78, 5) is 3.13. The average Bonchev–Trinajstić information content (AvgIpc) is 2.33. The molecule has 0 fully saturated rings. The Morgan fingerprint density at radius 1 is 1.56 bits per heavy atom. The van der Waals surface area contributed by atoms with E-state index < -0.39 is 0 Å². The van der Waals surface area contributed by atoms with Gasteiger partial charge in [-0.25, -0.2) is 0 Å². The monoisotopic (exact) mass is 123 g/mol. The molecule has 0 aliphatic carbocycles. The molecule has 0 atom stereocenters. The standard InChI is InChI=1S/C7H9NO/c1-2-6-7(9-5-1)3-4-8-6/h3-4,8H,1-2,5H2. The molecule has 1 aliphatic rings. The van der Waals surface area contributed by atoms with Crippen molar-refractivity contribution in [2.45, 2.75) is 12.8 Å². The van der Waals surface area contributed by atoms with Gasteiger partial charge in [-0.15, -0.1) is 0 Å². The lowest BCUT2D eigenvalue weighted by atomic mass is 10.2. The number of rotatable bonds is 0. The number of fused-ring (bicyclic) bond motifs is 1. The van der Waals surface area contributed by atoms with Gasteiger partial charge in [-0.3, -0.25) is 0 Å². The second-order valence-corrected chi connectivity index (χ2v) is 2.27. The van der Waals surface area contributed by atoms with E-state index in [4.69, 9.17) is 4.74 Å². The number of hydrogen-bond donors (Lipinski definition) is 1. The van der Waals surface area contributed by atoms with Gasteiger partial charge in [0.05, 0.1) is 12.3 Å². The highest BCUT2D eigenvalue weighted by atomic mass is 16.5. The molecule has 48 valence electrons. The molecule has 9 heavy (non-hydrogen) atoms. The third-order valence-corrected chi connectivity index (χ3v) is 1.62. The molecular formula is C7H9NO. The molecule has 1 aromatic rings. The molecule has 1 N–H and O–H groups in total. The third kappa shape index (κ3) is 0.707. The molecule has 2 heteroatoms. The van der Waals surface area contributed by atoms with Crippen molar-refractivity contribution in [3.8, 4) is 5.75 Å². The zero-order valence-electron chi connectivity index (χ0n) is 5.18. The van der Waals surface area contributed by atoms with Crippen LogP contribution in [-0.2, 0) is 6.42 Å². The van der Waals surface area contributed by atoms with Crippen LogP contribution in [0.15, 0.2) is 12.3 Å².